The molecule has 0 amide bonds. The third-order valence-corrected chi connectivity index (χ3v) is 4.06. The molecule has 3 rings (SSSR count). The molecule has 0 bridgehead atoms. The predicted molar refractivity (Wildman–Crippen MR) is 96.9 cm³/mol. The lowest BCUT2D eigenvalue weighted by Crippen LogP contribution is -2.03. The average Bonchev–Trinajstić information content (AvgIpc) is 2.66. The van der Waals surface area contributed by atoms with Crippen molar-refractivity contribution < 1.29 is 19.4 Å². The second-order valence-electron chi connectivity index (χ2n) is 5.76. The van der Waals surface area contributed by atoms with Crippen LogP contribution >= 0.6 is 0 Å². The van der Waals surface area contributed by atoms with Crippen LogP contribution in [0.3, 0.4) is 0 Å². The standard InChI is InChI=1S/C21H20O4/c1-24-21(23)18-11-16(9-10-22)20-8-7-19(13-17(20)12-18)25-14-15-5-3-2-4-6-15/h2-8,11-13,22H,9-10,14H2,1H3. The smallest absolute Gasteiger partial charge is 0.337 e. The summed E-state index contributed by atoms with van der Waals surface area (Å²) in [5.74, 6) is 0.338. The minimum Gasteiger partial charge on any atom is -0.489 e. The summed E-state index contributed by atoms with van der Waals surface area (Å²) in [7, 11) is 1.36. The van der Waals surface area contributed by atoms with Gasteiger partial charge in [-0.25, -0.2) is 4.79 Å². The lowest BCUT2D eigenvalue weighted by Gasteiger charge is -2.11. The van der Waals surface area contributed by atoms with E-state index in [1.165, 1.54) is 7.11 Å². The van der Waals surface area contributed by atoms with Crippen LogP contribution in [0.1, 0.15) is 21.5 Å². The van der Waals surface area contributed by atoms with Crippen LogP contribution in [0, 0.1) is 0 Å². The summed E-state index contributed by atoms with van der Waals surface area (Å²) in [6.45, 7) is 0.499. The van der Waals surface area contributed by atoms with Gasteiger partial charge < -0.3 is 14.6 Å². The molecule has 0 heterocycles. The zero-order chi connectivity index (χ0) is 17.6. The SMILES string of the molecule is COC(=O)c1cc(CCO)c2ccc(OCc3ccccc3)cc2c1. The molecule has 0 spiro atoms. The van der Waals surface area contributed by atoms with E-state index in [2.05, 4.69) is 0 Å². The van der Waals surface area contributed by atoms with Gasteiger partial charge in [0.15, 0.2) is 0 Å². The highest BCUT2D eigenvalue weighted by Crippen LogP contribution is 2.27. The summed E-state index contributed by atoms with van der Waals surface area (Å²) >= 11 is 0. The topological polar surface area (TPSA) is 55.8 Å². The Balaban J connectivity index is 1.93. The lowest BCUT2D eigenvalue weighted by molar-refractivity contribution is 0.0600. The first-order valence-corrected chi connectivity index (χ1v) is 8.14. The van der Waals surface area contributed by atoms with Crippen LogP contribution in [0.5, 0.6) is 5.75 Å². The molecule has 0 unspecified atom stereocenters. The van der Waals surface area contributed by atoms with Gasteiger partial charge in [0.05, 0.1) is 12.7 Å². The highest BCUT2D eigenvalue weighted by molar-refractivity contribution is 5.97. The molecule has 25 heavy (non-hydrogen) atoms. The van der Waals surface area contributed by atoms with Crippen LogP contribution in [0.25, 0.3) is 10.8 Å². The number of benzene rings is 3. The Kier molecular flexibility index (Phi) is 5.31. The number of hydrogen-bond acceptors (Lipinski definition) is 4. The maximum absolute atomic E-state index is 11.9. The van der Waals surface area contributed by atoms with E-state index in [-0.39, 0.29) is 6.61 Å². The molecule has 0 atom stereocenters. The van der Waals surface area contributed by atoms with Crippen LogP contribution in [-0.4, -0.2) is 24.8 Å². The molecule has 4 nitrogen and oxygen atoms in total. The molecule has 0 aliphatic heterocycles. The lowest BCUT2D eigenvalue weighted by atomic mass is 9.98. The van der Waals surface area contributed by atoms with Gasteiger partial charge in [0, 0.05) is 6.61 Å². The van der Waals surface area contributed by atoms with E-state index in [9.17, 15) is 9.90 Å². The van der Waals surface area contributed by atoms with Crippen LogP contribution < -0.4 is 4.74 Å². The quantitative estimate of drug-likeness (QED) is 0.697. The molecule has 0 aliphatic rings. The minimum absolute atomic E-state index is 0.0198. The number of carbonyl (C=O) groups is 1. The maximum Gasteiger partial charge on any atom is 0.337 e. The average molecular weight is 336 g/mol. The molecule has 0 radical (unpaired) electrons. The molecular weight excluding hydrogens is 316 g/mol. The van der Waals surface area contributed by atoms with E-state index < -0.39 is 5.97 Å². The van der Waals surface area contributed by atoms with Gasteiger partial charge in [0.1, 0.15) is 12.4 Å². The van der Waals surface area contributed by atoms with Gasteiger partial charge in [-0.15, -0.1) is 0 Å². The Morgan fingerprint density at radius 1 is 1.04 bits per heavy atom. The van der Waals surface area contributed by atoms with E-state index in [1.807, 2.05) is 48.5 Å². The zero-order valence-corrected chi connectivity index (χ0v) is 14.1. The summed E-state index contributed by atoms with van der Waals surface area (Å²) in [6, 6.07) is 19.3. The number of fused-ring (bicyclic) bond motifs is 1. The molecular formula is C21H20O4. The molecule has 0 aromatic heterocycles. The molecule has 3 aromatic carbocycles. The first-order chi connectivity index (χ1) is 12.2. The molecule has 0 saturated carbocycles. The Morgan fingerprint density at radius 3 is 2.56 bits per heavy atom. The van der Waals surface area contributed by atoms with E-state index >= 15 is 0 Å². The van der Waals surface area contributed by atoms with Gasteiger partial charge in [-0.3, -0.25) is 0 Å². The number of esters is 1. The summed E-state index contributed by atoms with van der Waals surface area (Å²) in [6.07, 6.45) is 0.478. The summed E-state index contributed by atoms with van der Waals surface area (Å²) in [5.41, 5.74) is 2.47. The molecule has 128 valence electrons. The Morgan fingerprint density at radius 2 is 1.84 bits per heavy atom. The van der Waals surface area contributed by atoms with Crippen molar-refractivity contribution in [2.24, 2.45) is 0 Å². The molecule has 0 saturated heterocycles. The second kappa shape index (κ2) is 7.81. The highest BCUT2D eigenvalue weighted by atomic mass is 16.5. The molecule has 4 heteroatoms. The van der Waals surface area contributed by atoms with Crippen LogP contribution in [0.4, 0.5) is 0 Å². The number of rotatable bonds is 6. The zero-order valence-electron chi connectivity index (χ0n) is 14.1. The number of hydrogen-bond donors (Lipinski definition) is 1. The van der Waals surface area contributed by atoms with E-state index in [0.29, 0.717) is 18.6 Å². The number of aliphatic hydroxyl groups is 1. The normalized spacial score (nSPS) is 10.6. The molecule has 0 fully saturated rings. The van der Waals surface area contributed by atoms with Crippen LogP contribution in [-0.2, 0) is 17.8 Å². The second-order valence-corrected chi connectivity index (χ2v) is 5.76. The fourth-order valence-electron chi connectivity index (χ4n) is 2.82. The van der Waals surface area contributed by atoms with Gasteiger partial charge in [0.2, 0.25) is 0 Å². The Bertz CT molecular complexity index is 872. The number of aliphatic hydroxyl groups excluding tert-OH is 1. The van der Waals surface area contributed by atoms with Gasteiger partial charge in [-0.2, -0.15) is 0 Å². The molecule has 0 aliphatic carbocycles. The number of ether oxygens (including phenoxy) is 2. The van der Waals surface area contributed by atoms with Crippen molar-refractivity contribution in [3.8, 4) is 5.75 Å². The maximum atomic E-state index is 11.9. The van der Waals surface area contributed by atoms with Crippen molar-refractivity contribution in [3.05, 3.63) is 77.4 Å². The third-order valence-electron chi connectivity index (χ3n) is 4.06. The van der Waals surface area contributed by atoms with Gasteiger partial charge in [-0.1, -0.05) is 36.4 Å². The third kappa shape index (κ3) is 3.98. The van der Waals surface area contributed by atoms with Crippen molar-refractivity contribution in [2.75, 3.05) is 13.7 Å². The summed E-state index contributed by atoms with van der Waals surface area (Å²) in [4.78, 5) is 11.9. The van der Waals surface area contributed by atoms with E-state index in [1.54, 1.807) is 12.1 Å². The van der Waals surface area contributed by atoms with Gasteiger partial charge in [0.25, 0.3) is 0 Å². The van der Waals surface area contributed by atoms with Gasteiger partial charge in [-0.05, 0) is 52.6 Å². The van der Waals surface area contributed by atoms with Crippen molar-refractivity contribution in [3.63, 3.8) is 0 Å². The first kappa shape index (κ1) is 17.0. The first-order valence-electron chi connectivity index (χ1n) is 8.14. The summed E-state index contributed by atoms with van der Waals surface area (Å²) in [5, 5.41) is 11.2. The monoisotopic (exact) mass is 336 g/mol. The minimum atomic E-state index is -0.392. The van der Waals surface area contributed by atoms with Crippen molar-refractivity contribution in [1.29, 1.82) is 0 Å². The van der Waals surface area contributed by atoms with Crippen LogP contribution in [0.15, 0.2) is 60.7 Å². The highest BCUT2D eigenvalue weighted by Gasteiger charge is 2.11. The van der Waals surface area contributed by atoms with Crippen molar-refractivity contribution in [2.45, 2.75) is 13.0 Å². The molecule has 3 aromatic rings. The van der Waals surface area contributed by atoms with Crippen molar-refractivity contribution in [1.82, 2.24) is 0 Å². The number of carbonyl (C=O) groups excluding carboxylic acids is 1. The van der Waals surface area contributed by atoms with Crippen molar-refractivity contribution >= 4 is 16.7 Å². The fraction of sp³-hybridized carbons (Fsp3) is 0.190. The largest absolute Gasteiger partial charge is 0.489 e. The predicted octanol–water partition coefficient (Wildman–Crippen LogP) is 3.74. The van der Waals surface area contributed by atoms with E-state index in [0.717, 1.165) is 27.6 Å². The number of methoxy groups -OCH3 is 1. The Labute approximate surface area is 146 Å². The summed E-state index contributed by atoms with van der Waals surface area (Å²) < 4.78 is 10.7. The molecule has 1 N–H and O–H groups in total. The van der Waals surface area contributed by atoms with E-state index in [4.69, 9.17) is 9.47 Å². The fourth-order valence-corrected chi connectivity index (χ4v) is 2.82. The van der Waals surface area contributed by atoms with Gasteiger partial charge >= 0.3 is 5.97 Å². The van der Waals surface area contributed by atoms with Crippen LogP contribution in [0.2, 0.25) is 0 Å². The Hall–Kier alpha value is -2.85.